The van der Waals surface area contributed by atoms with Crippen LogP contribution in [0.3, 0.4) is 0 Å². The first-order chi connectivity index (χ1) is 10.7. The molecule has 0 bridgehead atoms. The molecule has 2 aromatic carbocycles. The van der Waals surface area contributed by atoms with Crippen molar-refractivity contribution < 1.29 is 0 Å². The number of H-pyrrole nitrogens is 1. The molecule has 0 saturated heterocycles. The summed E-state index contributed by atoms with van der Waals surface area (Å²) in [6.07, 6.45) is 1.96. The minimum atomic E-state index is -0.0428. The molecule has 0 unspecified atom stereocenters. The minimum absolute atomic E-state index is 0.0428. The lowest BCUT2D eigenvalue weighted by Crippen LogP contribution is -2.11. The summed E-state index contributed by atoms with van der Waals surface area (Å²) < 4.78 is 0. The smallest absolute Gasteiger partial charge is 0.187 e. The molecule has 4 heteroatoms. The first-order valence-corrected chi connectivity index (χ1v) is 7.44. The number of hydrogen-bond acceptors (Lipinski definition) is 2. The van der Waals surface area contributed by atoms with E-state index in [0.29, 0.717) is 5.69 Å². The van der Waals surface area contributed by atoms with Crippen molar-refractivity contribution in [3.05, 3.63) is 59.7 Å². The predicted octanol–water partition coefficient (Wildman–Crippen LogP) is 4.58. The van der Waals surface area contributed by atoms with Gasteiger partial charge >= 0.3 is 0 Å². The predicted molar refractivity (Wildman–Crippen MR) is 89.6 cm³/mol. The fourth-order valence-electron chi connectivity index (χ4n) is 2.56. The van der Waals surface area contributed by atoms with Gasteiger partial charge in [0, 0.05) is 0 Å². The summed E-state index contributed by atoms with van der Waals surface area (Å²) in [6.45, 7) is 9.12. The van der Waals surface area contributed by atoms with E-state index < -0.39 is 0 Å². The van der Waals surface area contributed by atoms with Crippen molar-refractivity contribution in [1.82, 2.24) is 9.97 Å². The van der Waals surface area contributed by atoms with Crippen LogP contribution in [0.4, 0.5) is 5.69 Å². The Morgan fingerprint density at radius 3 is 2.59 bits per heavy atom. The summed E-state index contributed by atoms with van der Waals surface area (Å²) in [7, 11) is 0. The third-order valence-electron chi connectivity index (χ3n) is 3.78. The van der Waals surface area contributed by atoms with Gasteiger partial charge in [0.1, 0.15) is 5.82 Å². The van der Waals surface area contributed by atoms with Crippen LogP contribution < -0.4 is 5.73 Å². The second kappa shape index (κ2) is 6.00. The average molecular weight is 290 g/mol. The van der Waals surface area contributed by atoms with Crippen LogP contribution in [-0.2, 0) is 0 Å². The van der Waals surface area contributed by atoms with Gasteiger partial charge in [0.05, 0.1) is 23.6 Å². The standard InChI is InChI=1S/C18H18N4/c1-3-4-15(19)18-21-16-10-7-13(11-17(16)22-18)12-5-8-14(20-2)9-6-12/h5-11,15H,3-4,19H2,1H3,(H,21,22)/t15-/m0/s1. The summed E-state index contributed by atoms with van der Waals surface area (Å²) in [5.41, 5.74) is 10.9. The van der Waals surface area contributed by atoms with Crippen molar-refractivity contribution in [3.63, 3.8) is 0 Å². The number of nitrogens with one attached hydrogen (secondary N) is 1. The maximum Gasteiger partial charge on any atom is 0.187 e. The van der Waals surface area contributed by atoms with Crippen LogP contribution in [-0.4, -0.2) is 9.97 Å². The van der Waals surface area contributed by atoms with E-state index in [1.165, 1.54) is 0 Å². The number of imidazole rings is 1. The summed E-state index contributed by atoms with van der Waals surface area (Å²) >= 11 is 0. The molecule has 0 aliphatic carbocycles. The molecule has 0 saturated carbocycles. The summed E-state index contributed by atoms with van der Waals surface area (Å²) in [5.74, 6) is 0.845. The Morgan fingerprint density at radius 2 is 1.91 bits per heavy atom. The Balaban J connectivity index is 1.96. The van der Waals surface area contributed by atoms with Crippen molar-refractivity contribution in [2.45, 2.75) is 25.8 Å². The number of rotatable bonds is 4. The number of hydrogen-bond donors (Lipinski definition) is 2. The largest absolute Gasteiger partial charge is 0.341 e. The summed E-state index contributed by atoms with van der Waals surface area (Å²) in [4.78, 5) is 11.3. The van der Waals surface area contributed by atoms with E-state index in [4.69, 9.17) is 12.3 Å². The number of nitrogens with zero attached hydrogens (tertiary/aromatic N) is 2. The molecule has 0 amide bonds. The van der Waals surface area contributed by atoms with E-state index in [1.807, 2.05) is 36.4 Å². The lowest BCUT2D eigenvalue weighted by Gasteiger charge is -2.05. The Bertz CT molecular complexity index is 824. The quantitative estimate of drug-likeness (QED) is 0.691. The zero-order valence-corrected chi connectivity index (χ0v) is 12.5. The maximum atomic E-state index is 7.00. The molecular formula is C18H18N4. The van der Waals surface area contributed by atoms with Gasteiger partial charge in [-0.05, 0) is 29.7 Å². The van der Waals surface area contributed by atoms with E-state index in [0.717, 1.165) is 40.8 Å². The van der Waals surface area contributed by atoms with Gasteiger partial charge in [-0.1, -0.05) is 43.7 Å². The molecule has 0 aliphatic rings. The highest BCUT2D eigenvalue weighted by atomic mass is 15.0. The second-order valence-electron chi connectivity index (χ2n) is 5.41. The molecule has 3 rings (SSSR count). The topological polar surface area (TPSA) is 59.1 Å². The number of nitrogens with two attached hydrogens (primary N) is 1. The Labute approximate surface area is 129 Å². The van der Waals surface area contributed by atoms with Crippen LogP contribution >= 0.6 is 0 Å². The van der Waals surface area contributed by atoms with Crippen molar-refractivity contribution in [3.8, 4) is 11.1 Å². The van der Waals surface area contributed by atoms with Crippen LogP contribution in [0.1, 0.15) is 31.6 Å². The first kappa shape index (κ1) is 14.3. The molecule has 0 spiro atoms. The number of fused-ring (bicyclic) bond motifs is 1. The molecule has 22 heavy (non-hydrogen) atoms. The SMILES string of the molecule is [C-]#[N+]c1ccc(-c2ccc3nc([C@@H](N)CCC)[nH]c3c2)cc1. The molecule has 3 N–H and O–H groups in total. The van der Waals surface area contributed by atoms with E-state index in [-0.39, 0.29) is 6.04 Å². The Hall–Kier alpha value is -2.64. The molecule has 4 nitrogen and oxygen atoms in total. The fourth-order valence-corrected chi connectivity index (χ4v) is 2.56. The number of aromatic amines is 1. The van der Waals surface area contributed by atoms with Crippen molar-refractivity contribution in [1.29, 1.82) is 0 Å². The van der Waals surface area contributed by atoms with Crippen LogP contribution in [0, 0.1) is 6.57 Å². The van der Waals surface area contributed by atoms with Gasteiger partial charge < -0.3 is 10.7 Å². The highest BCUT2D eigenvalue weighted by Gasteiger charge is 2.11. The third-order valence-corrected chi connectivity index (χ3v) is 3.78. The molecular weight excluding hydrogens is 272 g/mol. The van der Waals surface area contributed by atoms with Gasteiger partial charge in [-0.2, -0.15) is 0 Å². The normalized spacial score (nSPS) is 12.2. The summed E-state index contributed by atoms with van der Waals surface area (Å²) in [6, 6.07) is 13.7. The number of benzene rings is 2. The second-order valence-corrected chi connectivity index (χ2v) is 5.41. The minimum Gasteiger partial charge on any atom is -0.341 e. The van der Waals surface area contributed by atoms with Crippen LogP contribution in [0.25, 0.3) is 27.0 Å². The lowest BCUT2D eigenvalue weighted by atomic mass is 10.0. The van der Waals surface area contributed by atoms with Gasteiger partial charge in [0.2, 0.25) is 0 Å². The van der Waals surface area contributed by atoms with Crippen molar-refractivity contribution in [2.75, 3.05) is 0 Å². The Morgan fingerprint density at radius 1 is 1.18 bits per heavy atom. The number of aromatic nitrogens is 2. The highest BCUT2D eigenvalue weighted by Crippen LogP contribution is 2.26. The van der Waals surface area contributed by atoms with Gasteiger partial charge in [-0.3, -0.25) is 0 Å². The molecule has 0 aliphatic heterocycles. The van der Waals surface area contributed by atoms with Crippen molar-refractivity contribution in [2.24, 2.45) is 5.73 Å². The summed E-state index contributed by atoms with van der Waals surface area (Å²) in [5, 5.41) is 0. The van der Waals surface area contributed by atoms with E-state index >= 15 is 0 Å². The van der Waals surface area contributed by atoms with E-state index in [2.05, 4.69) is 27.8 Å². The van der Waals surface area contributed by atoms with E-state index in [9.17, 15) is 0 Å². The van der Waals surface area contributed by atoms with Crippen LogP contribution in [0.15, 0.2) is 42.5 Å². The monoisotopic (exact) mass is 290 g/mol. The molecule has 0 fully saturated rings. The van der Waals surface area contributed by atoms with Crippen LogP contribution in [0.5, 0.6) is 0 Å². The lowest BCUT2D eigenvalue weighted by molar-refractivity contribution is 0.610. The zero-order valence-electron chi connectivity index (χ0n) is 12.5. The zero-order chi connectivity index (χ0) is 15.5. The first-order valence-electron chi connectivity index (χ1n) is 7.44. The van der Waals surface area contributed by atoms with Crippen LogP contribution in [0.2, 0.25) is 0 Å². The Kier molecular flexibility index (Phi) is 3.90. The van der Waals surface area contributed by atoms with E-state index in [1.54, 1.807) is 0 Å². The highest BCUT2D eigenvalue weighted by molar-refractivity contribution is 5.82. The van der Waals surface area contributed by atoms with Crippen molar-refractivity contribution >= 4 is 16.7 Å². The van der Waals surface area contributed by atoms with Gasteiger partial charge in [0.25, 0.3) is 0 Å². The third kappa shape index (κ3) is 2.72. The molecule has 0 radical (unpaired) electrons. The van der Waals surface area contributed by atoms with Gasteiger partial charge in [-0.15, -0.1) is 0 Å². The maximum absolute atomic E-state index is 7.00. The fraction of sp³-hybridized carbons (Fsp3) is 0.222. The molecule has 3 aromatic rings. The molecule has 1 atom stereocenters. The molecule has 1 heterocycles. The average Bonchev–Trinajstić information content (AvgIpc) is 2.98. The van der Waals surface area contributed by atoms with Gasteiger partial charge in [0.15, 0.2) is 5.69 Å². The molecule has 1 aromatic heterocycles. The molecule has 110 valence electrons. The van der Waals surface area contributed by atoms with Gasteiger partial charge in [-0.25, -0.2) is 9.83 Å².